The molecule has 2 heterocycles. The number of carbonyl (C=O) groups excluding carboxylic acids is 2. The SMILES string of the molecule is Nc1ncnn2ccc(C(=O)Nc3ccc(NC(=O)NC4CCCC4)cc3)c12. The van der Waals surface area contributed by atoms with Crippen LogP contribution in [0.25, 0.3) is 5.52 Å². The average molecular weight is 379 g/mol. The molecule has 5 N–H and O–H groups in total. The van der Waals surface area contributed by atoms with Crippen LogP contribution in [0.3, 0.4) is 0 Å². The Morgan fingerprint density at radius 2 is 1.71 bits per heavy atom. The summed E-state index contributed by atoms with van der Waals surface area (Å²) < 4.78 is 1.51. The van der Waals surface area contributed by atoms with Gasteiger partial charge in [-0.15, -0.1) is 0 Å². The van der Waals surface area contributed by atoms with Crippen LogP contribution in [-0.4, -0.2) is 32.6 Å². The molecular weight excluding hydrogens is 358 g/mol. The van der Waals surface area contributed by atoms with E-state index in [2.05, 4.69) is 26.0 Å². The zero-order valence-electron chi connectivity index (χ0n) is 15.2. The van der Waals surface area contributed by atoms with Crippen LogP contribution in [0.1, 0.15) is 36.0 Å². The maximum absolute atomic E-state index is 12.6. The quantitative estimate of drug-likeness (QED) is 0.554. The van der Waals surface area contributed by atoms with Gasteiger partial charge < -0.3 is 21.7 Å². The first-order valence-corrected chi connectivity index (χ1v) is 9.17. The van der Waals surface area contributed by atoms with E-state index in [9.17, 15) is 9.59 Å². The van der Waals surface area contributed by atoms with Crippen LogP contribution in [0.15, 0.2) is 42.9 Å². The molecule has 0 spiro atoms. The minimum atomic E-state index is -0.316. The van der Waals surface area contributed by atoms with Crippen LogP contribution >= 0.6 is 0 Å². The number of hydrogen-bond donors (Lipinski definition) is 4. The fourth-order valence-corrected chi connectivity index (χ4v) is 3.42. The highest BCUT2D eigenvalue weighted by molar-refractivity contribution is 6.10. The summed E-state index contributed by atoms with van der Waals surface area (Å²) in [6.07, 6.45) is 7.37. The second kappa shape index (κ2) is 7.55. The number of hydrogen-bond acceptors (Lipinski definition) is 5. The number of rotatable bonds is 4. The van der Waals surface area contributed by atoms with Crippen molar-refractivity contribution in [1.29, 1.82) is 0 Å². The van der Waals surface area contributed by atoms with Crippen molar-refractivity contribution in [3.05, 3.63) is 48.4 Å². The van der Waals surface area contributed by atoms with Crippen molar-refractivity contribution in [2.75, 3.05) is 16.4 Å². The fourth-order valence-electron chi connectivity index (χ4n) is 3.42. The molecule has 3 amide bonds. The Bertz CT molecular complexity index is 1010. The van der Waals surface area contributed by atoms with E-state index >= 15 is 0 Å². The summed E-state index contributed by atoms with van der Waals surface area (Å²) in [7, 11) is 0. The van der Waals surface area contributed by atoms with Gasteiger partial charge in [-0.25, -0.2) is 14.3 Å². The van der Waals surface area contributed by atoms with Gasteiger partial charge in [-0.2, -0.15) is 5.10 Å². The molecule has 1 aliphatic carbocycles. The lowest BCUT2D eigenvalue weighted by Crippen LogP contribution is -2.36. The van der Waals surface area contributed by atoms with Crippen molar-refractivity contribution in [2.24, 2.45) is 0 Å². The smallest absolute Gasteiger partial charge is 0.319 e. The van der Waals surface area contributed by atoms with Gasteiger partial charge in [0.15, 0.2) is 5.82 Å². The standard InChI is InChI=1S/C19H21N7O2/c20-17-16-15(9-10-26(16)22-11-21-17)18(27)23-13-5-7-14(8-6-13)25-19(28)24-12-3-1-2-4-12/h5-12H,1-4H2,(H,23,27)(H2,20,21,22)(H2,24,25,28). The molecule has 2 aromatic heterocycles. The lowest BCUT2D eigenvalue weighted by atomic mass is 10.2. The minimum absolute atomic E-state index is 0.209. The number of fused-ring (bicyclic) bond motifs is 1. The molecule has 1 aromatic carbocycles. The van der Waals surface area contributed by atoms with Gasteiger partial charge in [0.1, 0.15) is 11.8 Å². The van der Waals surface area contributed by atoms with E-state index in [0.29, 0.717) is 22.5 Å². The summed E-state index contributed by atoms with van der Waals surface area (Å²) in [4.78, 5) is 28.5. The molecule has 0 aliphatic heterocycles. The Labute approximate surface area is 161 Å². The van der Waals surface area contributed by atoms with E-state index in [1.54, 1.807) is 36.5 Å². The number of nitrogens with two attached hydrogens (primary N) is 1. The number of nitrogens with zero attached hydrogens (tertiary/aromatic N) is 3. The molecule has 1 saturated carbocycles. The molecule has 0 radical (unpaired) electrons. The molecule has 4 rings (SSSR count). The van der Waals surface area contributed by atoms with Gasteiger partial charge in [-0.3, -0.25) is 4.79 Å². The number of aromatic nitrogens is 3. The number of benzene rings is 1. The largest absolute Gasteiger partial charge is 0.382 e. The molecule has 0 atom stereocenters. The van der Waals surface area contributed by atoms with E-state index < -0.39 is 0 Å². The molecular formula is C19H21N7O2. The van der Waals surface area contributed by atoms with E-state index in [1.807, 2.05) is 0 Å². The van der Waals surface area contributed by atoms with E-state index in [-0.39, 0.29) is 23.8 Å². The number of nitrogen functional groups attached to an aromatic ring is 1. The van der Waals surface area contributed by atoms with Gasteiger partial charge >= 0.3 is 6.03 Å². The highest BCUT2D eigenvalue weighted by Crippen LogP contribution is 2.20. The van der Waals surface area contributed by atoms with Gasteiger partial charge in [0.25, 0.3) is 5.91 Å². The third-order valence-corrected chi connectivity index (χ3v) is 4.82. The lowest BCUT2D eigenvalue weighted by molar-refractivity contribution is 0.102. The molecule has 144 valence electrons. The van der Waals surface area contributed by atoms with Crippen molar-refractivity contribution in [3.8, 4) is 0 Å². The molecule has 9 nitrogen and oxygen atoms in total. The van der Waals surface area contributed by atoms with Gasteiger partial charge in [-0.1, -0.05) is 12.8 Å². The number of carbonyl (C=O) groups is 2. The Kier molecular flexibility index (Phi) is 4.79. The summed E-state index contributed by atoms with van der Waals surface area (Å²) in [6.45, 7) is 0. The molecule has 1 fully saturated rings. The molecule has 3 aromatic rings. The topological polar surface area (TPSA) is 126 Å². The predicted molar refractivity (Wildman–Crippen MR) is 106 cm³/mol. The highest BCUT2D eigenvalue weighted by Gasteiger charge is 2.17. The second-order valence-electron chi connectivity index (χ2n) is 6.78. The minimum Gasteiger partial charge on any atom is -0.382 e. The number of amides is 3. The van der Waals surface area contributed by atoms with Crippen LogP contribution in [0.2, 0.25) is 0 Å². The summed E-state index contributed by atoms with van der Waals surface area (Å²) >= 11 is 0. The molecule has 9 heteroatoms. The van der Waals surface area contributed by atoms with Crippen molar-refractivity contribution in [2.45, 2.75) is 31.7 Å². The molecule has 0 saturated heterocycles. The maximum atomic E-state index is 12.6. The van der Waals surface area contributed by atoms with E-state index in [4.69, 9.17) is 5.73 Å². The van der Waals surface area contributed by atoms with Gasteiger partial charge in [0.2, 0.25) is 0 Å². The highest BCUT2D eigenvalue weighted by atomic mass is 16.2. The van der Waals surface area contributed by atoms with E-state index in [1.165, 1.54) is 10.8 Å². The first-order valence-electron chi connectivity index (χ1n) is 9.17. The second-order valence-corrected chi connectivity index (χ2v) is 6.78. The third kappa shape index (κ3) is 3.73. The molecule has 0 bridgehead atoms. The van der Waals surface area contributed by atoms with Crippen LogP contribution in [0.5, 0.6) is 0 Å². The Morgan fingerprint density at radius 1 is 1.04 bits per heavy atom. The Hall–Kier alpha value is -3.62. The normalized spacial score (nSPS) is 14.1. The van der Waals surface area contributed by atoms with Crippen LogP contribution in [0.4, 0.5) is 22.0 Å². The zero-order valence-corrected chi connectivity index (χ0v) is 15.2. The van der Waals surface area contributed by atoms with Gasteiger partial charge in [-0.05, 0) is 43.2 Å². The number of nitrogens with one attached hydrogen (secondary N) is 3. The van der Waals surface area contributed by atoms with Gasteiger partial charge in [0.05, 0.1) is 5.56 Å². The zero-order chi connectivity index (χ0) is 19.5. The fraction of sp³-hybridized carbons (Fsp3) is 0.263. The first kappa shape index (κ1) is 17.8. The van der Waals surface area contributed by atoms with Crippen molar-refractivity contribution >= 4 is 34.6 Å². The van der Waals surface area contributed by atoms with Crippen LogP contribution < -0.4 is 21.7 Å². The molecule has 1 aliphatic rings. The molecule has 28 heavy (non-hydrogen) atoms. The predicted octanol–water partition coefficient (Wildman–Crippen LogP) is 2.63. The Balaban J connectivity index is 1.39. The lowest BCUT2D eigenvalue weighted by Gasteiger charge is -2.13. The van der Waals surface area contributed by atoms with Crippen molar-refractivity contribution in [3.63, 3.8) is 0 Å². The monoisotopic (exact) mass is 379 g/mol. The Morgan fingerprint density at radius 3 is 2.43 bits per heavy atom. The third-order valence-electron chi connectivity index (χ3n) is 4.82. The van der Waals surface area contributed by atoms with Crippen LogP contribution in [0, 0.1) is 0 Å². The summed E-state index contributed by atoms with van der Waals surface area (Å²) in [5.41, 5.74) is 7.96. The summed E-state index contributed by atoms with van der Waals surface area (Å²) in [5.74, 6) is -0.0818. The average Bonchev–Trinajstić information content (AvgIpc) is 3.33. The summed E-state index contributed by atoms with van der Waals surface area (Å²) in [5, 5.41) is 12.6. The van der Waals surface area contributed by atoms with Crippen molar-refractivity contribution < 1.29 is 9.59 Å². The number of anilines is 3. The molecule has 0 unspecified atom stereocenters. The van der Waals surface area contributed by atoms with Crippen LogP contribution in [-0.2, 0) is 0 Å². The van der Waals surface area contributed by atoms with Gasteiger partial charge in [0, 0.05) is 23.6 Å². The van der Waals surface area contributed by atoms with Crippen molar-refractivity contribution in [1.82, 2.24) is 19.9 Å². The number of urea groups is 1. The maximum Gasteiger partial charge on any atom is 0.319 e. The van der Waals surface area contributed by atoms with E-state index in [0.717, 1.165) is 25.7 Å². The first-order chi connectivity index (χ1) is 13.6. The summed E-state index contributed by atoms with van der Waals surface area (Å²) in [6, 6.07) is 8.60.